The van der Waals surface area contributed by atoms with Crippen molar-refractivity contribution in [3.05, 3.63) is 40.8 Å². The summed E-state index contributed by atoms with van der Waals surface area (Å²) in [6, 6.07) is 6.47. The first-order valence-electron chi connectivity index (χ1n) is 9.16. The van der Waals surface area contributed by atoms with Crippen molar-refractivity contribution >= 4 is 27.4 Å². The minimum atomic E-state index is -3.61. The molecule has 0 amide bonds. The van der Waals surface area contributed by atoms with Gasteiger partial charge in [-0.25, -0.2) is 18.4 Å². The summed E-state index contributed by atoms with van der Waals surface area (Å²) >= 11 is 6.10. The van der Waals surface area contributed by atoms with Crippen molar-refractivity contribution in [3.8, 4) is 5.75 Å². The van der Waals surface area contributed by atoms with Crippen LogP contribution >= 0.6 is 11.6 Å². The summed E-state index contributed by atoms with van der Waals surface area (Å²) in [6.07, 6.45) is 0. The first kappa shape index (κ1) is 20.8. The van der Waals surface area contributed by atoms with Crippen molar-refractivity contribution in [1.82, 2.24) is 14.3 Å². The topological polar surface area (TPSA) is 75.6 Å². The Hall–Kier alpha value is -1.90. The molecule has 28 heavy (non-hydrogen) atoms. The largest absolute Gasteiger partial charge is 0.495 e. The average molecular weight is 425 g/mol. The number of nitrogens with zero attached hydrogens (tertiary/aromatic N) is 4. The number of benzene rings is 1. The molecule has 2 heterocycles. The number of hydrogen-bond donors (Lipinski definition) is 0. The Bertz CT molecular complexity index is 958. The molecule has 0 radical (unpaired) electrons. The van der Waals surface area contributed by atoms with Crippen molar-refractivity contribution in [2.45, 2.75) is 31.6 Å². The summed E-state index contributed by atoms with van der Waals surface area (Å²) in [5, 5.41) is 0.278. The van der Waals surface area contributed by atoms with E-state index in [2.05, 4.69) is 28.7 Å². The molecule has 0 bridgehead atoms. The lowest BCUT2D eigenvalue weighted by Crippen LogP contribution is -2.49. The van der Waals surface area contributed by atoms with Crippen LogP contribution in [-0.2, 0) is 10.0 Å². The minimum Gasteiger partial charge on any atom is -0.495 e. The van der Waals surface area contributed by atoms with E-state index in [1.807, 2.05) is 13.0 Å². The van der Waals surface area contributed by atoms with Crippen LogP contribution in [0.1, 0.15) is 31.3 Å². The monoisotopic (exact) mass is 424 g/mol. The molecule has 1 fully saturated rings. The third-order valence-electron chi connectivity index (χ3n) is 4.70. The Labute approximate surface area is 171 Å². The van der Waals surface area contributed by atoms with Crippen molar-refractivity contribution in [2.24, 2.45) is 0 Å². The number of rotatable bonds is 5. The van der Waals surface area contributed by atoms with Gasteiger partial charge in [-0.1, -0.05) is 25.4 Å². The normalized spacial score (nSPS) is 15.9. The number of hydrogen-bond acceptors (Lipinski definition) is 6. The first-order chi connectivity index (χ1) is 13.2. The molecule has 1 aromatic heterocycles. The molecule has 7 nitrogen and oxygen atoms in total. The molecule has 1 aromatic carbocycles. The highest BCUT2D eigenvalue weighted by Gasteiger charge is 2.29. The van der Waals surface area contributed by atoms with E-state index in [-0.39, 0.29) is 15.8 Å². The van der Waals surface area contributed by atoms with E-state index < -0.39 is 10.0 Å². The van der Waals surface area contributed by atoms with E-state index >= 15 is 0 Å². The molecule has 1 aliphatic heterocycles. The minimum absolute atomic E-state index is 0.173. The van der Waals surface area contributed by atoms with Gasteiger partial charge in [-0.2, -0.15) is 4.31 Å². The molecule has 0 spiro atoms. The Balaban J connectivity index is 1.75. The SMILES string of the molecule is COc1ccc(S(=O)(=O)N2CCN(c3cc(C)nc(C(C)C)n3)CC2)cc1Cl. The second-order valence-corrected chi connectivity index (χ2v) is 9.41. The molecular weight excluding hydrogens is 400 g/mol. The van der Waals surface area contributed by atoms with Gasteiger partial charge < -0.3 is 9.64 Å². The molecule has 0 atom stereocenters. The maximum atomic E-state index is 13.0. The van der Waals surface area contributed by atoms with Gasteiger partial charge in [0.05, 0.1) is 17.0 Å². The number of sulfonamides is 1. The number of methoxy groups -OCH3 is 1. The van der Waals surface area contributed by atoms with Crippen molar-refractivity contribution in [1.29, 1.82) is 0 Å². The van der Waals surface area contributed by atoms with Crippen LogP contribution < -0.4 is 9.64 Å². The van der Waals surface area contributed by atoms with Crippen LogP contribution in [0.5, 0.6) is 5.75 Å². The van der Waals surface area contributed by atoms with Crippen LogP contribution in [0.3, 0.4) is 0 Å². The summed E-state index contributed by atoms with van der Waals surface area (Å²) in [6.45, 7) is 7.96. The molecule has 3 rings (SSSR count). The van der Waals surface area contributed by atoms with Gasteiger partial charge in [-0.15, -0.1) is 0 Å². The molecule has 2 aromatic rings. The van der Waals surface area contributed by atoms with E-state index in [9.17, 15) is 8.42 Å². The fourth-order valence-electron chi connectivity index (χ4n) is 3.11. The number of ether oxygens (including phenoxy) is 1. The molecule has 9 heteroatoms. The number of halogens is 1. The lowest BCUT2D eigenvalue weighted by atomic mass is 10.2. The standard InChI is InChI=1S/C19H25ClN4O3S/c1-13(2)19-21-14(3)11-18(22-19)23-7-9-24(10-8-23)28(25,26)15-5-6-17(27-4)16(20)12-15/h5-6,11-13H,7-10H2,1-4H3. The predicted molar refractivity (Wildman–Crippen MR) is 110 cm³/mol. The average Bonchev–Trinajstić information content (AvgIpc) is 2.67. The molecule has 1 aliphatic rings. The van der Waals surface area contributed by atoms with Crippen molar-refractivity contribution in [2.75, 3.05) is 38.2 Å². The summed E-state index contributed by atoms with van der Waals surface area (Å²) in [5.41, 5.74) is 0.914. The summed E-state index contributed by atoms with van der Waals surface area (Å²) in [5.74, 6) is 2.34. The van der Waals surface area contributed by atoms with Gasteiger partial charge in [-0.3, -0.25) is 0 Å². The molecule has 0 aliphatic carbocycles. The van der Waals surface area contributed by atoms with E-state index in [0.29, 0.717) is 31.9 Å². The van der Waals surface area contributed by atoms with Crippen LogP contribution in [0.2, 0.25) is 5.02 Å². The summed E-state index contributed by atoms with van der Waals surface area (Å²) in [7, 11) is -2.12. The van der Waals surface area contributed by atoms with Gasteiger partial charge in [-0.05, 0) is 25.1 Å². The van der Waals surface area contributed by atoms with Gasteiger partial charge in [0.15, 0.2) is 0 Å². The summed E-state index contributed by atoms with van der Waals surface area (Å²) in [4.78, 5) is 11.4. The number of piperazine rings is 1. The molecular formula is C19H25ClN4O3S. The van der Waals surface area contributed by atoms with Gasteiger partial charge in [0.25, 0.3) is 0 Å². The second kappa shape index (κ2) is 8.23. The quantitative estimate of drug-likeness (QED) is 0.734. The summed E-state index contributed by atoms with van der Waals surface area (Å²) < 4.78 is 32.5. The highest BCUT2D eigenvalue weighted by atomic mass is 35.5. The highest BCUT2D eigenvalue weighted by Crippen LogP contribution is 2.29. The molecule has 0 unspecified atom stereocenters. The Morgan fingerprint density at radius 1 is 1.11 bits per heavy atom. The van der Waals surface area contributed by atoms with Crippen molar-refractivity contribution < 1.29 is 13.2 Å². The fraction of sp³-hybridized carbons (Fsp3) is 0.474. The number of aryl methyl sites for hydroxylation is 1. The van der Waals surface area contributed by atoms with Gasteiger partial charge in [0.2, 0.25) is 10.0 Å². The van der Waals surface area contributed by atoms with Crippen LogP contribution in [0.15, 0.2) is 29.2 Å². The van der Waals surface area contributed by atoms with Gasteiger partial charge in [0, 0.05) is 43.9 Å². The predicted octanol–water partition coefficient (Wildman–Crippen LogP) is 3.08. The number of aromatic nitrogens is 2. The second-order valence-electron chi connectivity index (χ2n) is 7.07. The maximum Gasteiger partial charge on any atom is 0.243 e. The van der Waals surface area contributed by atoms with E-state index in [1.54, 1.807) is 6.07 Å². The number of anilines is 1. The molecule has 152 valence electrons. The smallest absolute Gasteiger partial charge is 0.243 e. The van der Waals surface area contributed by atoms with E-state index in [1.165, 1.54) is 23.5 Å². The Kier molecular flexibility index (Phi) is 6.12. The van der Waals surface area contributed by atoms with Crippen LogP contribution in [0.25, 0.3) is 0 Å². The lowest BCUT2D eigenvalue weighted by molar-refractivity contribution is 0.383. The maximum absolute atomic E-state index is 13.0. The van der Waals surface area contributed by atoms with Crippen LogP contribution in [0, 0.1) is 6.92 Å². The van der Waals surface area contributed by atoms with E-state index in [4.69, 9.17) is 16.3 Å². The fourth-order valence-corrected chi connectivity index (χ4v) is 4.88. The Morgan fingerprint density at radius 3 is 2.36 bits per heavy atom. The van der Waals surface area contributed by atoms with Crippen LogP contribution in [-0.4, -0.2) is 56.0 Å². The molecule has 1 saturated heterocycles. The van der Waals surface area contributed by atoms with E-state index in [0.717, 1.165) is 17.3 Å². The third-order valence-corrected chi connectivity index (χ3v) is 6.89. The highest BCUT2D eigenvalue weighted by molar-refractivity contribution is 7.89. The zero-order valence-corrected chi connectivity index (χ0v) is 18.1. The molecule has 0 N–H and O–H groups in total. The lowest BCUT2D eigenvalue weighted by Gasteiger charge is -2.35. The first-order valence-corrected chi connectivity index (χ1v) is 11.0. The third kappa shape index (κ3) is 4.24. The zero-order valence-electron chi connectivity index (χ0n) is 16.5. The Morgan fingerprint density at radius 2 is 1.79 bits per heavy atom. The zero-order chi connectivity index (χ0) is 20.5. The van der Waals surface area contributed by atoms with Gasteiger partial charge >= 0.3 is 0 Å². The van der Waals surface area contributed by atoms with Crippen LogP contribution in [0.4, 0.5) is 5.82 Å². The van der Waals surface area contributed by atoms with Gasteiger partial charge in [0.1, 0.15) is 17.4 Å². The molecule has 0 saturated carbocycles. The van der Waals surface area contributed by atoms with Crippen molar-refractivity contribution in [3.63, 3.8) is 0 Å².